The molecule has 0 aliphatic carbocycles. The van der Waals surface area contributed by atoms with Gasteiger partial charge in [0.2, 0.25) is 0 Å². The molecule has 168 valence electrons. The average molecular weight is 443 g/mol. The molecule has 1 aliphatic rings. The first kappa shape index (κ1) is 21.6. The van der Waals surface area contributed by atoms with Crippen LogP contribution in [-0.2, 0) is 6.54 Å². The topological polar surface area (TPSA) is 88.4 Å². The number of nitrogens with zero attached hydrogens (tertiary/aromatic N) is 6. The maximum atomic E-state index is 13.6. The molecule has 9 nitrogen and oxygen atoms in total. The number of halogens is 2. The van der Waals surface area contributed by atoms with Crippen LogP contribution in [0.2, 0.25) is 0 Å². The number of urea groups is 1. The summed E-state index contributed by atoms with van der Waals surface area (Å²) >= 11 is 0. The van der Waals surface area contributed by atoms with Crippen molar-refractivity contribution in [2.75, 3.05) is 38.1 Å². The van der Waals surface area contributed by atoms with Crippen molar-refractivity contribution < 1.29 is 18.3 Å². The number of anilines is 1. The molecule has 3 aromatic rings. The molecule has 0 radical (unpaired) electrons. The first-order valence-corrected chi connectivity index (χ1v) is 10.3. The lowest BCUT2D eigenvalue weighted by Crippen LogP contribution is -2.49. The first-order valence-electron chi connectivity index (χ1n) is 10.3. The Labute approximate surface area is 183 Å². The fraction of sp³-hybridized carbons (Fsp3) is 0.333. The van der Waals surface area contributed by atoms with Crippen molar-refractivity contribution in [1.82, 2.24) is 30.0 Å². The highest BCUT2D eigenvalue weighted by Crippen LogP contribution is 2.17. The van der Waals surface area contributed by atoms with Crippen LogP contribution in [0.4, 0.5) is 19.3 Å². The molecule has 0 unspecified atom stereocenters. The van der Waals surface area contributed by atoms with E-state index in [0.717, 1.165) is 17.9 Å². The van der Waals surface area contributed by atoms with Crippen LogP contribution < -0.4 is 10.1 Å². The molecular weight excluding hydrogens is 420 g/mol. The van der Waals surface area contributed by atoms with E-state index in [2.05, 4.69) is 25.7 Å². The predicted molar refractivity (Wildman–Crippen MR) is 113 cm³/mol. The molecule has 1 fully saturated rings. The molecule has 4 rings (SSSR count). The number of nitrogens with one attached hydrogen (secondary N) is 1. The SMILES string of the molecule is CCOc1ccc(NC(=O)N2CCN(Cc3nnnn3-c3ccc(F)c(F)c3)CC2)cc1. The van der Waals surface area contributed by atoms with Crippen LogP contribution in [0.5, 0.6) is 5.75 Å². The van der Waals surface area contributed by atoms with Crippen molar-refractivity contribution in [2.24, 2.45) is 0 Å². The number of ether oxygens (including phenoxy) is 1. The second-order valence-corrected chi connectivity index (χ2v) is 7.26. The minimum Gasteiger partial charge on any atom is -0.494 e. The van der Waals surface area contributed by atoms with Crippen molar-refractivity contribution in [3.63, 3.8) is 0 Å². The molecule has 1 aliphatic heterocycles. The lowest BCUT2D eigenvalue weighted by molar-refractivity contribution is 0.140. The molecule has 1 aromatic heterocycles. The standard InChI is InChI=1S/C21H23F2N7O2/c1-2-32-17-6-3-15(4-7-17)24-21(31)29-11-9-28(10-12-29)14-20-25-26-27-30(20)16-5-8-18(22)19(23)13-16/h3-8,13H,2,9-12,14H2,1H3,(H,24,31). The van der Waals surface area contributed by atoms with E-state index in [-0.39, 0.29) is 6.03 Å². The minimum absolute atomic E-state index is 0.166. The van der Waals surface area contributed by atoms with Gasteiger partial charge in [0.25, 0.3) is 0 Å². The highest BCUT2D eigenvalue weighted by Gasteiger charge is 2.23. The maximum Gasteiger partial charge on any atom is 0.321 e. The highest BCUT2D eigenvalue weighted by atomic mass is 19.2. The molecule has 32 heavy (non-hydrogen) atoms. The van der Waals surface area contributed by atoms with Crippen molar-refractivity contribution in [3.8, 4) is 11.4 Å². The summed E-state index contributed by atoms with van der Waals surface area (Å²) in [5.74, 6) is -0.632. The number of carbonyl (C=O) groups is 1. The number of rotatable bonds is 6. The monoisotopic (exact) mass is 443 g/mol. The number of carbonyl (C=O) groups excluding carboxylic acids is 1. The predicted octanol–water partition coefficient (Wildman–Crippen LogP) is 2.69. The first-order chi connectivity index (χ1) is 15.5. The Morgan fingerprint density at radius 3 is 2.50 bits per heavy atom. The summed E-state index contributed by atoms with van der Waals surface area (Å²) in [4.78, 5) is 16.4. The fourth-order valence-corrected chi connectivity index (χ4v) is 3.43. The number of tetrazole rings is 1. The van der Waals surface area contributed by atoms with E-state index in [9.17, 15) is 13.6 Å². The number of piperazine rings is 1. The molecule has 0 atom stereocenters. The van der Waals surface area contributed by atoms with Crippen LogP contribution in [0.1, 0.15) is 12.7 Å². The van der Waals surface area contributed by atoms with Crippen LogP contribution in [0.25, 0.3) is 5.69 Å². The van der Waals surface area contributed by atoms with Crippen LogP contribution in [0.15, 0.2) is 42.5 Å². The summed E-state index contributed by atoms with van der Waals surface area (Å²) in [6.07, 6.45) is 0. The lowest BCUT2D eigenvalue weighted by Gasteiger charge is -2.34. The molecule has 1 N–H and O–H groups in total. The minimum atomic E-state index is -0.962. The van der Waals surface area contributed by atoms with Crippen molar-refractivity contribution >= 4 is 11.7 Å². The number of benzene rings is 2. The van der Waals surface area contributed by atoms with Gasteiger partial charge < -0.3 is 15.0 Å². The largest absolute Gasteiger partial charge is 0.494 e. The Morgan fingerprint density at radius 2 is 1.81 bits per heavy atom. The summed E-state index contributed by atoms with van der Waals surface area (Å²) in [6.45, 7) is 5.25. The Bertz CT molecular complexity index is 1070. The molecular formula is C21H23F2N7O2. The van der Waals surface area contributed by atoms with E-state index in [1.54, 1.807) is 17.0 Å². The number of hydrogen-bond donors (Lipinski definition) is 1. The van der Waals surface area contributed by atoms with Crippen LogP contribution in [0, 0.1) is 11.6 Å². The highest BCUT2D eigenvalue weighted by molar-refractivity contribution is 5.89. The van der Waals surface area contributed by atoms with E-state index in [1.165, 1.54) is 10.7 Å². The van der Waals surface area contributed by atoms with Gasteiger partial charge in [-0.25, -0.2) is 13.6 Å². The summed E-state index contributed by atoms with van der Waals surface area (Å²) in [5.41, 5.74) is 1.05. The smallest absolute Gasteiger partial charge is 0.321 e. The van der Waals surface area contributed by atoms with E-state index in [1.807, 2.05) is 19.1 Å². The molecule has 11 heteroatoms. The third-order valence-electron chi connectivity index (χ3n) is 5.12. The second kappa shape index (κ2) is 9.69. The van der Waals surface area contributed by atoms with Gasteiger partial charge in [-0.2, -0.15) is 4.68 Å². The van der Waals surface area contributed by atoms with Gasteiger partial charge in [-0.15, -0.1) is 5.10 Å². The van der Waals surface area contributed by atoms with Gasteiger partial charge in [0, 0.05) is 37.9 Å². The summed E-state index contributed by atoms with van der Waals surface area (Å²) < 4.78 is 33.6. The molecule has 2 heterocycles. The molecule has 2 aromatic carbocycles. The van der Waals surface area contributed by atoms with E-state index < -0.39 is 11.6 Å². The lowest BCUT2D eigenvalue weighted by atomic mass is 10.3. The zero-order valence-electron chi connectivity index (χ0n) is 17.5. The normalized spacial score (nSPS) is 14.4. The van der Waals surface area contributed by atoms with Gasteiger partial charge >= 0.3 is 6.03 Å². The molecule has 0 spiro atoms. The molecule has 0 saturated carbocycles. The van der Waals surface area contributed by atoms with Crippen molar-refractivity contribution in [3.05, 3.63) is 59.9 Å². The third kappa shape index (κ3) is 4.99. The van der Waals surface area contributed by atoms with Gasteiger partial charge in [-0.05, 0) is 53.7 Å². The third-order valence-corrected chi connectivity index (χ3v) is 5.12. The van der Waals surface area contributed by atoms with Gasteiger partial charge in [0.05, 0.1) is 18.8 Å². The quantitative estimate of drug-likeness (QED) is 0.630. The molecule has 2 amide bonds. The maximum absolute atomic E-state index is 13.6. The number of hydrogen-bond acceptors (Lipinski definition) is 6. The number of aromatic nitrogens is 4. The van der Waals surface area contributed by atoms with Crippen LogP contribution >= 0.6 is 0 Å². The zero-order chi connectivity index (χ0) is 22.5. The number of amides is 2. The van der Waals surface area contributed by atoms with Crippen molar-refractivity contribution in [2.45, 2.75) is 13.5 Å². The summed E-state index contributed by atoms with van der Waals surface area (Å²) in [7, 11) is 0. The van der Waals surface area contributed by atoms with Gasteiger partial charge in [-0.1, -0.05) is 0 Å². The summed E-state index contributed by atoms with van der Waals surface area (Å²) in [6, 6.07) is 10.6. The fourth-order valence-electron chi connectivity index (χ4n) is 3.43. The second-order valence-electron chi connectivity index (χ2n) is 7.26. The van der Waals surface area contributed by atoms with Gasteiger partial charge in [0.1, 0.15) is 5.75 Å². The Hall–Kier alpha value is -3.60. The van der Waals surface area contributed by atoms with Gasteiger partial charge in [0.15, 0.2) is 17.5 Å². The molecule has 1 saturated heterocycles. The van der Waals surface area contributed by atoms with Gasteiger partial charge in [-0.3, -0.25) is 4.90 Å². The summed E-state index contributed by atoms with van der Waals surface area (Å²) in [5, 5.41) is 14.4. The van der Waals surface area contributed by atoms with Crippen LogP contribution in [0.3, 0.4) is 0 Å². The average Bonchev–Trinajstić information content (AvgIpc) is 3.26. The van der Waals surface area contributed by atoms with Crippen molar-refractivity contribution in [1.29, 1.82) is 0 Å². The van der Waals surface area contributed by atoms with E-state index >= 15 is 0 Å². The van der Waals surface area contributed by atoms with Crippen LogP contribution in [-0.4, -0.2) is 68.8 Å². The Balaban J connectivity index is 1.31. The molecule has 0 bridgehead atoms. The van der Waals surface area contributed by atoms with E-state index in [0.29, 0.717) is 56.5 Å². The Kier molecular flexibility index (Phi) is 6.55. The zero-order valence-corrected chi connectivity index (χ0v) is 17.5. The Morgan fingerprint density at radius 1 is 1.06 bits per heavy atom. The van der Waals surface area contributed by atoms with E-state index in [4.69, 9.17) is 4.74 Å².